The molecule has 6 nitrogen and oxygen atoms in total. The normalized spacial score (nSPS) is 10.7. The number of hydrogen-bond acceptors (Lipinski definition) is 6. The molecule has 2 rings (SSSR count). The second kappa shape index (κ2) is 4.41. The molecule has 0 saturated carbocycles. The molecule has 2 aromatic rings. The van der Waals surface area contributed by atoms with Crippen LogP contribution in [0.15, 0.2) is 0 Å². The molecule has 0 radical (unpaired) electrons. The van der Waals surface area contributed by atoms with Gasteiger partial charge in [-0.1, -0.05) is 0 Å². The van der Waals surface area contributed by atoms with Crippen LogP contribution in [0, 0.1) is 20.8 Å². The fourth-order valence-electron chi connectivity index (χ4n) is 1.59. The van der Waals surface area contributed by atoms with Crippen LogP contribution in [0.25, 0.3) is 5.13 Å². The SMILES string of the molecule is COC(=O)c1nc(C)n(-c2nc(C)c(C)s2)c1N. The molecule has 0 aromatic carbocycles. The van der Waals surface area contributed by atoms with E-state index in [1.54, 1.807) is 11.5 Å². The van der Waals surface area contributed by atoms with Crippen molar-refractivity contribution in [2.45, 2.75) is 20.8 Å². The highest BCUT2D eigenvalue weighted by molar-refractivity contribution is 7.14. The van der Waals surface area contributed by atoms with Gasteiger partial charge >= 0.3 is 5.97 Å². The zero-order valence-electron chi connectivity index (χ0n) is 10.6. The number of thiazole rings is 1. The van der Waals surface area contributed by atoms with Crippen molar-refractivity contribution in [2.24, 2.45) is 0 Å². The first-order chi connectivity index (χ1) is 8.45. The molecule has 7 heteroatoms. The van der Waals surface area contributed by atoms with Crippen molar-refractivity contribution >= 4 is 23.1 Å². The van der Waals surface area contributed by atoms with E-state index in [2.05, 4.69) is 14.7 Å². The van der Waals surface area contributed by atoms with Gasteiger partial charge in [0.15, 0.2) is 10.8 Å². The Hall–Kier alpha value is -1.89. The number of carbonyl (C=O) groups excluding carboxylic acids is 1. The Bertz CT molecular complexity index is 595. The molecule has 96 valence electrons. The first kappa shape index (κ1) is 12.6. The monoisotopic (exact) mass is 266 g/mol. The van der Waals surface area contributed by atoms with E-state index in [1.165, 1.54) is 18.4 Å². The molecule has 0 amide bonds. The van der Waals surface area contributed by atoms with Crippen molar-refractivity contribution in [1.29, 1.82) is 0 Å². The Balaban J connectivity index is 2.58. The lowest BCUT2D eigenvalue weighted by Gasteiger charge is -2.02. The average Bonchev–Trinajstić information content (AvgIpc) is 2.79. The Kier molecular flexibility index (Phi) is 3.08. The number of ether oxygens (including phenoxy) is 1. The van der Waals surface area contributed by atoms with E-state index in [4.69, 9.17) is 5.73 Å². The van der Waals surface area contributed by atoms with E-state index >= 15 is 0 Å². The third kappa shape index (κ3) is 1.86. The van der Waals surface area contributed by atoms with Crippen LogP contribution >= 0.6 is 11.3 Å². The maximum absolute atomic E-state index is 11.5. The number of nitrogens with two attached hydrogens (primary N) is 1. The molecule has 2 aromatic heterocycles. The van der Waals surface area contributed by atoms with Crippen LogP contribution in [0.3, 0.4) is 0 Å². The van der Waals surface area contributed by atoms with Crippen LogP contribution in [0.5, 0.6) is 0 Å². The maximum atomic E-state index is 11.5. The van der Waals surface area contributed by atoms with E-state index in [-0.39, 0.29) is 11.5 Å². The fraction of sp³-hybridized carbons (Fsp3) is 0.364. The van der Waals surface area contributed by atoms with Crippen molar-refractivity contribution in [3.8, 4) is 5.13 Å². The maximum Gasteiger partial charge on any atom is 0.360 e. The lowest BCUT2D eigenvalue weighted by Crippen LogP contribution is -2.07. The van der Waals surface area contributed by atoms with Crippen LogP contribution < -0.4 is 5.73 Å². The highest BCUT2D eigenvalue weighted by atomic mass is 32.1. The van der Waals surface area contributed by atoms with E-state index in [0.29, 0.717) is 11.0 Å². The minimum absolute atomic E-state index is 0.125. The minimum atomic E-state index is -0.542. The molecule has 0 spiro atoms. The summed E-state index contributed by atoms with van der Waals surface area (Å²) in [6, 6.07) is 0. The van der Waals surface area contributed by atoms with Crippen molar-refractivity contribution in [3.05, 3.63) is 22.1 Å². The predicted octanol–water partition coefficient (Wildman–Crippen LogP) is 1.62. The molecule has 0 atom stereocenters. The zero-order chi connectivity index (χ0) is 13.4. The Morgan fingerprint density at radius 3 is 2.50 bits per heavy atom. The van der Waals surface area contributed by atoms with E-state index in [0.717, 1.165) is 10.6 Å². The second-order valence-corrected chi connectivity index (χ2v) is 5.04. The lowest BCUT2D eigenvalue weighted by atomic mass is 10.4. The van der Waals surface area contributed by atoms with Gasteiger partial charge < -0.3 is 10.5 Å². The summed E-state index contributed by atoms with van der Waals surface area (Å²) in [4.78, 5) is 21.2. The first-order valence-corrected chi connectivity index (χ1v) is 6.15. The van der Waals surface area contributed by atoms with Gasteiger partial charge in [-0.25, -0.2) is 14.8 Å². The second-order valence-electron chi connectivity index (χ2n) is 3.86. The predicted molar refractivity (Wildman–Crippen MR) is 69.2 cm³/mol. The van der Waals surface area contributed by atoms with Gasteiger partial charge in [0.05, 0.1) is 12.8 Å². The van der Waals surface area contributed by atoms with Gasteiger partial charge in [-0.2, -0.15) is 0 Å². The number of nitrogens with zero attached hydrogens (tertiary/aromatic N) is 3. The molecule has 0 fully saturated rings. The van der Waals surface area contributed by atoms with Crippen LogP contribution in [-0.4, -0.2) is 27.6 Å². The number of carbonyl (C=O) groups is 1. The first-order valence-electron chi connectivity index (χ1n) is 5.33. The van der Waals surface area contributed by atoms with Gasteiger partial charge in [0.1, 0.15) is 11.6 Å². The molecule has 18 heavy (non-hydrogen) atoms. The number of anilines is 1. The van der Waals surface area contributed by atoms with Gasteiger partial charge in [-0.15, -0.1) is 11.3 Å². The standard InChI is InChI=1S/C11H14N4O2S/c1-5-6(2)18-11(13-5)15-7(3)14-8(9(15)12)10(16)17-4/h12H2,1-4H3. The van der Waals surface area contributed by atoms with Crippen LogP contribution in [0.2, 0.25) is 0 Å². The highest BCUT2D eigenvalue weighted by Crippen LogP contribution is 2.26. The number of rotatable bonds is 2. The molecular weight excluding hydrogens is 252 g/mol. The van der Waals surface area contributed by atoms with Crippen molar-refractivity contribution in [3.63, 3.8) is 0 Å². The van der Waals surface area contributed by atoms with Gasteiger partial charge in [0.2, 0.25) is 0 Å². The zero-order valence-corrected chi connectivity index (χ0v) is 11.5. The summed E-state index contributed by atoms with van der Waals surface area (Å²) >= 11 is 1.51. The number of aryl methyl sites for hydroxylation is 3. The molecular formula is C11H14N4O2S. The summed E-state index contributed by atoms with van der Waals surface area (Å²) in [6.45, 7) is 5.69. The molecule has 2 heterocycles. The average molecular weight is 266 g/mol. The molecule has 0 bridgehead atoms. The summed E-state index contributed by atoms with van der Waals surface area (Å²) in [5.41, 5.74) is 7.01. The Labute approximate surface area is 108 Å². The quantitative estimate of drug-likeness (QED) is 0.835. The number of nitrogen functional groups attached to an aromatic ring is 1. The molecule has 0 unspecified atom stereocenters. The summed E-state index contributed by atoms with van der Waals surface area (Å²) < 4.78 is 6.30. The Morgan fingerprint density at radius 2 is 2.00 bits per heavy atom. The van der Waals surface area contributed by atoms with Gasteiger partial charge in [0, 0.05) is 4.88 Å². The number of aromatic nitrogens is 3. The molecule has 0 saturated heterocycles. The van der Waals surface area contributed by atoms with Crippen LogP contribution in [0.1, 0.15) is 26.9 Å². The van der Waals surface area contributed by atoms with Gasteiger partial charge in [-0.05, 0) is 20.8 Å². The van der Waals surface area contributed by atoms with Crippen molar-refractivity contribution in [1.82, 2.24) is 14.5 Å². The smallest absolute Gasteiger partial charge is 0.360 e. The van der Waals surface area contributed by atoms with Crippen molar-refractivity contribution in [2.75, 3.05) is 12.8 Å². The number of methoxy groups -OCH3 is 1. The highest BCUT2D eigenvalue weighted by Gasteiger charge is 2.21. The Morgan fingerprint density at radius 1 is 1.33 bits per heavy atom. The largest absolute Gasteiger partial charge is 0.464 e. The summed E-state index contributed by atoms with van der Waals surface area (Å²) in [5.74, 6) is 0.328. The van der Waals surface area contributed by atoms with E-state index in [1.807, 2.05) is 13.8 Å². The van der Waals surface area contributed by atoms with Crippen molar-refractivity contribution < 1.29 is 9.53 Å². The van der Waals surface area contributed by atoms with Gasteiger partial charge in [-0.3, -0.25) is 4.57 Å². The molecule has 0 aliphatic rings. The number of hydrogen-bond donors (Lipinski definition) is 1. The third-order valence-electron chi connectivity index (χ3n) is 2.67. The summed E-state index contributed by atoms with van der Waals surface area (Å²) in [5, 5.41) is 0.711. The number of imidazole rings is 1. The lowest BCUT2D eigenvalue weighted by molar-refractivity contribution is 0.0596. The van der Waals surface area contributed by atoms with Gasteiger partial charge in [0.25, 0.3) is 0 Å². The van der Waals surface area contributed by atoms with E-state index < -0.39 is 5.97 Å². The molecule has 2 N–H and O–H groups in total. The van der Waals surface area contributed by atoms with E-state index in [9.17, 15) is 4.79 Å². The summed E-state index contributed by atoms with van der Waals surface area (Å²) in [7, 11) is 1.30. The minimum Gasteiger partial charge on any atom is -0.464 e. The number of esters is 1. The topological polar surface area (TPSA) is 83.0 Å². The summed E-state index contributed by atoms with van der Waals surface area (Å²) in [6.07, 6.45) is 0. The molecule has 0 aliphatic heterocycles. The van der Waals surface area contributed by atoms with Crippen LogP contribution in [0.4, 0.5) is 5.82 Å². The third-order valence-corrected chi connectivity index (χ3v) is 3.73. The fourth-order valence-corrected chi connectivity index (χ4v) is 2.56. The molecule has 0 aliphatic carbocycles. The van der Waals surface area contributed by atoms with Crippen LogP contribution in [-0.2, 0) is 4.74 Å².